The minimum absolute atomic E-state index is 0.0573. The van der Waals surface area contributed by atoms with Crippen LogP contribution in [0.1, 0.15) is 38.9 Å². The molecule has 0 saturated carbocycles. The summed E-state index contributed by atoms with van der Waals surface area (Å²) in [5.74, 6) is 0.403. The summed E-state index contributed by atoms with van der Waals surface area (Å²) >= 11 is 0. The molecule has 1 aliphatic heterocycles. The van der Waals surface area contributed by atoms with Crippen LogP contribution in [0.5, 0.6) is 5.75 Å². The molecular formula is C21H20N2O3. The number of ether oxygens (including phenoxy) is 1. The van der Waals surface area contributed by atoms with Gasteiger partial charge in [-0.05, 0) is 36.6 Å². The van der Waals surface area contributed by atoms with Gasteiger partial charge >= 0.3 is 0 Å². The molecule has 26 heavy (non-hydrogen) atoms. The van der Waals surface area contributed by atoms with Crippen LogP contribution in [0.2, 0.25) is 0 Å². The lowest BCUT2D eigenvalue weighted by atomic mass is 9.97. The van der Waals surface area contributed by atoms with E-state index in [1.807, 2.05) is 47.0 Å². The van der Waals surface area contributed by atoms with E-state index in [9.17, 15) is 9.59 Å². The summed E-state index contributed by atoms with van der Waals surface area (Å²) in [6.07, 6.45) is 0.701. The SMILES string of the molecule is COc1ccc2c(c3c(n2Cc2ccccc2)C(=O)NCC3)c1C(C)=O. The van der Waals surface area contributed by atoms with Crippen LogP contribution in [0.15, 0.2) is 42.5 Å². The highest BCUT2D eigenvalue weighted by atomic mass is 16.5. The molecule has 0 radical (unpaired) electrons. The molecule has 5 nitrogen and oxygen atoms in total. The molecule has 132 valence electrons. The van der Waals surface area contributed by atoms with Gasteiger partial charge in [0, 0.05) is 18.5 Å². The Bertz CT molecular complexity index is 1020. The molecule has 0 fully saturated rings. The minimum atomic E-state index is -0.0909. The van der Waals surface area contributed by atoms with Gasteiger partial charge in [-0.15, -0.1) is 0 Å². The number of fused-ring (bicyclic) bond motifs is 3. The molecule has 3 aromatic rings. The average molecular weight is 348 g/mol. The number of methoxy groups -OCH3 is 1. The van der Waals surface area contributed by atoms with E-state index >= 15 is 0 Å². The standard InChI is InChI=1S/C21H20N2O3/c1-13(24)18-17(26-2)9-8-16-19(18)15-10-11-22-21(25)20(15)23(16)12-14-6-4-3-5-7-14/h3-9H,10-12H2,1-2H3,(H,22,25). The molecule has 1 aliphatic rings. The van der Waals surface area contributed by atoms with Crippen LogP contribution in [0.3, 0.4) is 0 Å². The Morgan fingerprint density at radius 1 is 1.19 bits per heavy atom. The zero-order chi connectivity index (χ0) is 18.3. The molecule has 1 aromatic heterocycles. The first-order valence-electron chi connectivity index (χ1n) is 8.67. The molecule has 1 N–H and O–H groups in total. The number of carbonyl (C=O) groups excluding carboxylic acids is 2. The number of hydrogen-bond donors (Lipinski definition) is 1. The average Bonchev–Trinajstić information content (AvgIpc) is 2.96. The van der Waals surface area contributed by atoms with Crippen molar-refractivity contribution in [2.75, 3.05) is 13.7 Å². The first-order valence-corrected chi connectivity index (χ1v) is 8.67. The summed E-state index contributed by atoms with van der Waals surface area (Å²) in [6.45, 7) is 2.69. The Labute approximate surface area is 151 Å². The topological polar surface area (TPSA) is 60.3 Å². The van der Waals surface area contributed by atoms with Crippen LogP contribution in [-0.4, -0.2) is 29.9 Å². The van der Waals surface area contributed by atoms with Crippen LogP contribution in [-0.2, 0) is 13.0 Å². The fourth-order valence-corrected chi connectivity index (χ4v) is 3.84. The summed E-state index contributed by atoms with van der Waals surface area (Å²) in [5.41, 5.74) is 4.13. The molecular weight excluding hydrogens is 328 g/mol. The van der Waals surface area contributed by atoms with Crippen LogP contribution >= 0.6 is 0 Å². The zero-order valence-corrected chi connectivity index (χ0v) is 14.8. The van der Waals surface area contributed by atoms with E-state index in [4.69, 9.17) is 4.74 Å². The maximum Gasteiger partial charge on any atom is 0.268 e. The molecule has 1 amide bonds. The molecule has 5 heteroatoms. The predicted molar refractivity (Wildman–Crippen MR) is 100 cm³/mol. The summed E-state index contributed by atoms with van der Waals surface area (Å²) in [4.78, 5) is 25.0. The van der Waals surface area contributed by atoms with Gasteiger partial charge in [0.25, 0.3) is 5.91 Å². The van der Waals surface area contributed by atoms with Crippen molar-refractivity contribution in [3.05, 3.63) is 64.8 Å². The van der Waals surface area contributed by atoms with Crippen LogP contribution in [0.25, 0.3) is 10.9 Å². The second-order valence-corrected chi connectivity index (χ2v) is 6.50. The third-order valence-electron chi connectivity index (χ3n) is 4.92. The number of carbonyl (C=O) groups is 2. The number of nitrogens with zero attached hydrogens (tertiary/aromatic N) is 1. The molecule has 0 bridgehead atoms. The third-order valence-corrected chi connectivity index (χ3v) is 4.92. The van der Waals surface area contributed by atoms with Crippen LogP contribution in [0.4, 0.5) is 0 Å². The monoisotopic (exact) mass is 348 g/mol. The lowest BCUT2D eigenvalue weighted by molar-refractivity contribution is 0.0936. The largest absolute Gasteiger partial charge is 0.496 e. The van der Waals surface area contributed by atoms with Crippen molar-refractivity contribution in [1.82, 2.24) is 9.88 Å². The minimum Gasteiger partial charge on any atom is -0.496 e. The number of amides is 1. The Balaban J connectivity index is 2.05. The molecule has 4 rings (SSSR count). The fourth-order valence-electron chi connectivity index (χ4n) is 3.84. The van der Waals surface area contributed by atoms with Gasteiger partial charge in [-0.25, -0.2) is 0 Å². The van der Waals surface area contributed by atoms with Crippen molar-refractivity contribution in [1.29, 1.82) is 0 Å². The van der Waals surface area contributed by atoms with E-state index in [1.165, 1.54) is 0 Å². The number of ketones is 1. The summed E-state index contributed by atoms with van der Waals surface area (Å²) in [7, 11) is 1.56. The lowest BCUT2D eigenvalue weighted by Crippen LogP contribution is -2.33. The van der Waals surface area contributed by atoms with Crippen molar-refractivity contribution in [2.45, 2.75) is 19.9 Å². The van der Waals surface area contributed by atoms with Crippen molar-refractivity contribution in [3.63, 3.8) is 0 Å². The number of nitrogens with one attached hydrogen (secondary N) is 1. The molecule has 0 spiro atoms. The molecule has 0 unspecified atom stereocenters. The van der Waals surface area contributed by atoms with Gasteiger partial charge in [-0.2, -0.15) is 0 Å². The Morgan fingerprint density at radius 3 is 2.65 bits per heavy atom. The maximum atomic E-state index is 12.7. The quantitative estimate of drug-likeness (QED) is 0.737. The highest BCUT2D eigenvalue weighted by Gasteiger charge is 2.29. The van der Waals surface area contributed by atoms with Crippen molar-refractivity contribution in [3.8, 4) is 5.75 Å². The van der Waals surface area contributed by atoms with Gasteiger partial charge in [0.1, 0.15) is 11.4 Å². The highest BCUT2D eigenvalue weighted by molar-refractivity contribution is 6.13. The summed E-state index contributed by atoms with van der Waals surface area (Å²) in [6, 6.07) is 13.8. The number of aromatic nitrogens is 1. The molecule has 0 aliphatic carbocycles. The summed E-state index contributed by atoms with van der Waals surface area (Å²) in [5, 5.41) is 3.77. The normalized spacial score (nSPS) is 13.4. The van der Waals surface area contributed by atoms with Crippen molar-refractivity contribution >= 4 is 22.6 Å². The van der Waals surface area contributed by atoms with Crippen molar-refractivity contribution in [2.24, 2.45) is 0 Å². The number of hydrogen-bond acceptors (Lipinski definition) is 3. The van der Waals surface area contributed by atoms with E-state index in [1.54, 1.807) is 14.0 Å². The second kappa shape index (κ2) is 6.33. The van der Waals surface area contributed by atoms with Gasteiger partial charge in [0.15, 0.2) is 5.78 Å². The molecule has 2 aromatic carbocycles. The number of Topliss-reactive ketones (excluding diaryl/α,β-unsaturated/α-hetero) is 1. The van der Waals surface area contributed by atoms with E-state index < -0.39 is 0 Å². The van der Waals surface area contributed by atoms with Crippen LogP contribution < -0.4 is 10.1 Å². The molecule has 2 heterocycles. The van der Waals surface area contributed by atoms with Gasteiger partial charge in [-0.3, -0.25) is 9.59 Å². The Kier molecular flexibility index (Phi) is 3.99. The van der Waals surface area contributed by atoms with E-state index in [2.05, 4.69) is 5.32 Å². The first-order chi connectivity index (χ1) is 12.6. The van der Waals surface area contributed by atoms with E-state index in [0.29, 0.717) is 36.5 Å². The summed E-state index contributed by atoms with van der Waals surface area (Å²) < 4.78 is 7.44. The van der Waals surface area contributed by atoms with E-state index in [-0.39, 0.29) is 11.7 Å². The first kappa shape index (κ1) is 16.4. The fraction of sp³-hybridized carbons (Fsp3) is 0.238. The molecule has 0 atom stereocenters. The molecule has 0 saturated heterocycles. The Hall–Kier alpha value is -3.08. The Morgan fingerprint density at radius 2 is 1.96 bits per heavy atom. The zero-order valence-electron chi connectivity index (χ0n) is 14.8. The second-order valence-electron chi connectivity index (χ2n) is 6.50. The van der Waals surface area contributed by atoms with Gasteiger partial charge < -0.3 is 14.6 Å². The van der Waals surface area contributed by atoms with Crippen LogP contribution in [0, 0.1) is 0 Å². The highest BCUT2D eigenvalue weighted by Crippen LogP contribution is 2.36. The maximum absolute atomic E-state index is 12.7. The predicted octanol–water partition coefficient (Wildman–Crippen LogP) is 3.19. The van der Waals surface area contributed by atoms with Gasteiger partial charge in [0.2, 0.25) is 0 Å². The van der Waals surface area contributed by atoms with Crippen molar-refractivity contribution < 1.29 is 14.3 Å². The third kappa shape index (κ3) is 2.47. The number of benzene rings is 2. The van der Waals surface area contributed by atoms with Gasteiger partial charge in [0.05, 0.1) is 18.2 Å². The van der Waals surface area contributed by atoms with Gasteiger partial charge in [-0.1, -0.05) is 30.3 Å². The smallest absolute Gasteiger partial charge is 0.268 e. The number of rotatable bonds is 4. The van der Waals surface area contributed by atoms with E-state index in [0.717, 1.165) is 22.0 Å². The lowest BCUT2D eigenvalue weighted by Gasteiger charge is -2.16.